The van der Waals surface area contributed by atoms with Gasteiger partial charge in [0.25, 0.3) is 0 Å². The molecule has 0 aliphatic carbocycles. The van der Waals surface area contributed by atoms with Crippen LogP contribution in [0.3, 0.4) is 0 Å². The second-order valence-corrected chi connectivity index (χ2v) is 4.79. The van der Waals surface area contributed by atoms with Gasteiger partial charge < -0.3 is 15.0 Å². The van der Waals surface area contributed by atoms with E-state index in [9.17, 15) is 4.79 Å². The zero-order valence-corrected chi connectivity index (χ0v) is 11.7. The molecule has 1 unspecified atom stereocenters. The van der Waals surface area contributed by atoms with Crippen LogP contribution in [0.2, 0.25) is 0 Å². The number of benzene rings is 1. The number of nitrogens with one attached hydrogen (secondary N) is 1. The molecule has 0 bridgehead atoms. The third-order valence-electron chi connectivity index (χ3n) is 3.59. The minimum absolute atomic E-state index is 0.0164. The van der Waals surface area contributed by atoms with Crippen molar-refractivity contribution < 1.29 is 9.53 Å². The van der Waals surface area contributed by atoms with Crippen molar-refractivity contribution in [2.75, 3.05) is 26.7 Å². The largest absolute Gasteiger partial charge is 0.496 e. The number of nitrogens with zero attached hydrogens (tertiary/aromatic N) is 1. The lowest BCUT2D eigenvalue weighted by Crippen LogP contribution is -2.38. The van der Waals surface area contributed by atoms with Gasteiger partial charge in [-0.2, -0.15) is 0 Å². The molecule has 1 aliphatic rings. The number of amides is 1. The number of likely N-dealkylation sites (N-methyl/N-ethyl adjacent to an activating group) is 1. The average molecular weight is 262 g/mol. The maximum absolute atomic E-state index is 12.1. The van der Waals surface area contributed by atoms with E-state index in [1.54, 1.807) is 7.11 Å². The first-order valence-corrected chi connectivity index (χ1v) is 6.90. The van der Waals surface area contributed by atoms with Crippen molar-refractivity contribution in [3.63, 3.8) is 0 Å². The minimum atomic E-state index is 0.0164. The maximum atomic E-state index is 12.1. The molecule has 104 valence electrons. The summed E-state index contributed by atoms with van der Waals surface area (Å²) in [5.74, 6) is 1.13. The van der Waals surface area contributed by atoms with Crippen LogP contribution in [0.4, 0.5) is 0 Å². The Bertz CT molecular complexity index is 434. The number of hydrogen-bond acceptors (Lipinski definition) is 3. The van der Waals surface area contributed by atoms with Crippen LogP contribution in [0.5, 0.6) is 5.75 Å². The van der Waals surface area contributed by atoms with Gasteiger partial charge in [-0.3, -0.25) is 4.79 Å². The van der Waals surface area contributed by atoms with Crippen molar-refractivity contribution >= 4 is 5.91 Å². The maximum Gasteiger partial charge on any atom is 0.239 e. The number of hydrogen-bond donors (Lipinski definition) is 1. The quantitative estimate of drug-likeness (QED) is 0.843. The summed E-state index contributed by atoms with van der Waals surface area (Å²) in [4.78, 5) is 14.0. The lowest BCUT2D eigenvalue weighted by atomic mass is 10.1. The van der Waals surface area contributed by atoms with Crippen molar-refractivity contribution in [1.82, 2.24) is 10.2 Å². The molecule has 2 rings (SSSR count). The molecule has 19 heavy (non-hydrogen) atoms. The van der Waals surface area contributed by atoms with Crippen LogP contribution in [-0.4, -0.2) is 43.6 Å². The highest BCUT2D eigenvalue weighted by Gasteiger charge is 2.30. The Balaban J connectivity index is 1.91. The van der Waals surface area contributed by atoms with E-state index in [2.05, 4.69) is 11.4 Å². The molecule has 1 amide bonds. The fourth-order valence-electron chi connectivity index (χ4n) is 2.56. The Morgan fingerprint density at radius 1 is 1.42 bits per heavy atom. The van der Waals surface area contributed by atoms with Crippen LogP contribution in [0, 0.1) is 0 Å². The van der Waals surface area contributed by atoms with E-state index in [-0.39, 0.29) is 11.9 Å². The van der Waals surface area contributed by atoms with Crippen molar-refractivity contribution in [2.24, 2.45) is 0 Å². The second kappa shape index (κ2) is 6.57. The summed E-state index contributed by atoms with van der Waals surface area (Å²) in [6.45, 7) is 4.49. The smallest absolute Gasteiger partial charge is 0.239 e. The monoisotopic (exact) mass is 262 g/mol. The Labute approximate surface area is 114 Å². The summed E-state index contributed by atoms with van der Waals surface area (Å²) in [5, 5.41) is 3.23. The molecule has 1 aromatic rings. The number of carbonyl (C=O) groups excluding carboxylic acids is 1. The lowest BCUT2D eigenvalue weighted by Gasteiger charge is -2.17. The van der Waals surface area contributed by atoms with Crippen LogP contribution in [0.25, 0.3) is 0 Å². The van der Waals surface area contributed by atoms with E-state index in [1.165, 1.54) is 0 Å². The molecular weight excluding hydrogens is 240 g/mol. The summed E-state index contributed by atoms with van der Waals surface area (Å²) in [7, 11) is 1.68. The molecule has 1 atom stereocenters. The molecule has 0 spiro atoms. The minimum Gasteiger partial charge on any atom is -0.496 e. The number of carbonyl (C=O) groups is 1. The first kappa shape index (κ1) is 13.9. The highest BCUT2D eigenvalue weighted by atomic mass is 16.5. The number of ether oxygens (including phenoxy) is 1. The zero-order valence-electron chi connectivity index (χ0n) is 11.7. The lowest BCUT2D eigenvalue weighted by molar-refractivity contribution is -0.129. The molecule has 0 radical (unpaired) electrons. The van der Waals surface area contributed by atoms with Gasteiger partial charge in [-0.1, -0.05) is 25.1 Å². The predicted molar refractivity (Wildman–Crippen MR) is 75.4 cm³/mol. The molecule has 1 fully saturated rings. The normalized spacial score (nSPS) is 18.9. The predicted octanol–water partition coefficient (Wildman–Crippen LogP) is 1.45. The molecule has 1 heterocycles. The Hall–Kier alpha value is -1.55. The van der Waals surface area contributed by atoms with Crippen molar-refractivity contribution in [3.8, 4) is 5.75 Å². The summed E-state index contributed by atoms with van der Waals surface area (Å²) < 4.78 is 5.33. The van der Waals surface area contributed by atoms with Crippen molar-refractivity contribution in [3.05, 3.63) is 29.8 Å². The fraction of sp³-hybridized carbons (Fsp3) is 0.533. The summed E-state index contributed by atoms with van der Waals surface area (Å²) >= 11 is 0. The third kappa shape index (κ3) is 3.26. The van der Waals surface area contributed by atoms with Crippen LogP contribution in [0.15, 0.2) is 24.3 Å². The van der Waals surface area contributed by atoms with Gasteiger partial charge in [0.05, 0.1) is 13.2 Å². The third-order valence-corrected chi connectivity index (χ3v) is 3.59. The van der Waals surface area contributed by atoms with E-state index >= 15 is 0 Å². The highest BCUT2D eigenvalue weighted by Crippen LogP contribution is 2.19. The molecule has 1 N–H and O–H groups in total. The number of likely N-dealkylation sites (tertiary alicyclic amines) is 1. The van der Waals surface area contributed by atoms with Gasteiger partial charge in [-0.05, 0) is 31.0 Å². The fourth-order valence-corrected chi connectivity index (χ4v) is 2.56. The molecular formula is C15H22N2O2. The SMILES string of the molecule is CCNC1CCN(CCc2ccccc2OC)C1=O. The summed E-state index contributed by atoms with van der Waals surface area (Å²) in [6, 6.07) is 8.00. The summed E-state index contributed by atoms with van der Waals surface area (Å²) in [5.41, 5.74) is 1.16. The van der Waals surface area contributed by atoms with Crippen LogP contribution in [-0.2, 0) is 11.2 Å². The zero-order chi connectivity index (χ0) is 13.7. The number of rotatable bonds is 6. The van der Waals surface area contributed by atoms with E-state index in [4.69, 9.17) is 4.74 Å². The molecule has 1 aliphatic heterocycles. The molecule has 4 heteroatoms. The first-order valence-electron chi connectivity index (χ1n) is 6.90. The first-order chi connectivity index (χ1) is 9.26. The standard InChI is InChI=1S/C15H22N2O2/c1-3-16-13-9-11-17(15(13)18)10-8-12-6-4-5-7-14(12)19-2/h4-7,13,16H,3,8-11H2,1-2H3. The van der Waals surface area contributed by atoms with E-state index in [1.807, 2.05) is 30.0 Å². The summed E-state index contributed by atoms with van der Waals surface area (Å²) in [6.07, 6.45) is 1.76. The van der Waals surface area contributed by atoms with E-state index in [0.717, 1.165) is 43.8 Å². The molecule has 4 nitrogen and oxygen atoms in total. The van der Waals surface area contributed by atoms with Gasteiger partial charge in [0.15, 0.2) is 0 Å². The number of para-hydroxylation sites is 1. The highest BCUT2D eigenvalue weighted by molar-refractivity contribution is 5.83. The molecule has 0 saturated carbocycles. The van der Waals surface area contributed by atoms with Gasteiger partial charge in [-0.25, -0.2) is 0 Å². The Morgan fingerprint density at radius 3 is 2.95 bits per heavy atom. The average Bonchev–Trinajstić information content (AvgIpc) is 2.78. The number of methoxy groups -OCH3 is 1. The van der Waals surface area contributed by atoms with Crippen LogP contribution < -0.4 is 10.1 Å². The van der Waals surface area contributed by atoms with E-state index < -0.39 is 0 Å². The van der Waals surface area contributed by atoms with Crippen molar-refractivity contribution in [1.29, 1.82) is 0 Å². The second-order valence-electron chi connectivity index (χ2n) is 4.79. The van der Waals surface area contributed by atoms with E-state index in [0.29, 0.717) is 0 Å². The van der Waals surface area contributed by atoms with Crippen molar-refractivity contribution in [2.45, 2.75) is 25.8 Å². The molecule has 1 saturated heterocycles. The van der Waals surface area contributed by atoms with Crippen LogP contribution >= 0.6 is 0 Å². The van der Waals surface area contributed by atoms with Gasteiger partial charge in [0.1, 0.15) is 5.75 Å². The Morgan fingerprint density at radius 2 is 2.21 bits per heavy atom. The molecule has 1 aromatic carbocycles. The topological polar surface area (TPSA) is 41.6 Å². The van der Waals surface area contributed by atoms with Gasteiger partial charge >= 0.3 is 0 Å². The molecule has 0 aromatic heterocycles. The van der Waals surface area contributed by atoms with Crippen LogP contribution in [0.1, 0.15) is 18.9 Å². The Kier molecular flexibility index (Phi) is 4.80. The van der Waals surface area contributed by atoms with Gasteiger partial charge in [0, 0.05) is 13.1 Å². The van der Waals surface area contributed by atoms with Gasteiger partial charge in [-0.15, -0.1) is 0 Å². The van der Waals surface area contributed by atoms with Gasteiger partial charge in [0.2, 0.25) is 5.91 Å².